The Balaban J connectivity index is 2.67. The summed E-state index contributed by atoms with van der Waals surface area (Å²) in [5.41, 5.74) is 17.0. The van der Waals surface area contributed by atoms with Gasteiger partial charge in [-0.1, -0.05) is 30.3 Å². The number of hydrogen-bond acceptors (Lipinski definition) is 2. The number of hydrogen-bond donors (Lipinski definition) is 1. The van der Waals surface area contributed by atoms with E-state index in [4.69, 9.17) is 11.3 Å². The number of benzene rings is 1. The Labute approximate surface area is 95.4 Å². The van der Waals surface area contributed by atoms with Gasteiger partial charge in [-0.3, -0.25) is 0 Å². The summed E-state index contributed by atoms with van der Waals surface area (Å²) in [5.74, 6) is 0. The third-order valence-corrected chi connectivity index (χ3v) is 2.32. The second-order valence-corrected chi connectivity index (χ2v) is 3.46. The van der Waals surface area contributed by atoms with Crippen LogP contribution in [0.4, 0.5) is 5.69 Å². The number of nitrogen functional groups attached to an aromatic ring is 1. The highest BCUT2D eigenvalue weighted by atomic mass is 15.1. The summed E-state index contributed by atoms with van der Waals surface area (Å²) < 4.78 is 0. The lowest BCUT2D eigenvalue weighted by molar-refractivity contribution is 0.995. The number of rotatable bonds is 5. The number of nitrogens with two attached hydrogens (primary N) is 1. The van der Waals surface area contributed by atoms with Gasteiger partial charge in [0.15, 0.2) is 0 Å². The van der Waals surface area contributed by atoms with Gasteiger partial charge in [0.2, 0.25) is 0 Å². The molecule has 0 aliphatic rings. The fraction of sp³-hybridized carbons (Fsp3) is 0.333. The van der Waals surface area contributed by atoms with Crippen LogP contribution >= 0.6 is 0 Å². The topological polar surface area (TPSA) is 74.8 Å². The van der Waals surface area contributed by atoms with Crippen molar-refractivity contribution in [3.8, 4) is 0 Å². The average Bonchev–Trinajstić information content (AvgIpc) is 2.31. The minimum Gasteiger partial charge on any atom is -0.398 e. The van der Waals surface area contributed by atoms with E-state index in [1.807, 2.05) is 24.3 Å². The van der Waals surface area contributed by atoms with E-state index in [-0.39, 0.29) is 0 Å². The summed E-state index contributed by atoms with van der Waals surface area (Å²) in [5, 5.41) is 3.46. The Morgan fingerprint density at radius 2 is 2.31 bits per heavy atom. The molecule has 2 N–H and O–H groups in total. The van der Waals surface area contributed by atoms with Gasteiger partial charge in [-0.15, -0.1) is 0 Å². The molecule has 0 heterocycles. The zero-order valence-corrected chi connectivity index (χ0v) is 9.43. The van der Waals surface area contributed by atoms with E-state index in [0.717, 1.165) is 24.1 Å². The molecule has 0 saturated heterocycles. The van der Waals surface area contributed by atoms with E-state index in [9.17, 15) is 0 Å². The van der Waals surface area contributed by atoms with Crippen LogP contribution in [0.1, 0.15) is 24.5 Å². The van der Waals surface area contributed by atoms with Gasteiger partial charge in [-0.05, 0) is 41.6 Å². The van der Waals surface area contributed by atoms with Crippen molar-refractivity contribution in [3.05, 3.63) is 45.8 Å². The van der Waals surface area contributed by atoms with Gasteiger partial charge < -0.3 is 5.73 Å². The molecule has 0 saturated carbocycles. The maximum absolute atomic E-state index is 8.11. The van der Waals surface area contributed by atoms with Crippen molar-refractivity contribution in [3.63, 3.8) is 0 Å². The quantitative estimate of drug-likeness (QED) is 0.264. The lowest BCUT2D eigenvalue weighted by Crippen LogP contribution is -1.91. The summed E-state index contributed by atoms with van der Waals surface area (Å²) in [7, 11) is 0. The SMILES string of the molecule is CCc1ccc(N)c(C=CCCN=[N+]=[N-])c1. The second kappa shape index (κ2) is 6.53. The van der Waals surface area contributed by atoms with Crippen molar-refractivity contribution < 1.29 is 0 Å². The lowest BCUT2D eigenvalue weighted by atomic mass is 10.1. The highest BCUT2D eigenvalue weighted by Gasteiger charge is 1.96. The van der Waals surface area contributed by atoms with Crippen molar-refractivity contribution in [2.24, 2.45) is 5.11 Å². The second-order valence-electron chi connectivity index (χ2n) is 3.46. The molecule has 0 aliphatic carbocycles. The number of aryl methyl sites for hydroxylation is 1. The molecular weight excluding hydrogens is 200 g/mol. The molecule has 84 valence electrons. The Bertz CT molecular complexity index is 417. The Morgan fingerprint density at radius 1 is 1.50 bits per heavy atom. The summed E-state index contributed by atoms with van der Waals surface area (Å²) in [4.78, 5) is 2.69. The van der Waals surface area contributed by atoms with Crippen molar-refractivity contribution in [1.29, 1.82) is 0 Å². The first kappa shape index (κ1) is 12.1. The van der Waals surface area contributed by atoms with Gasteiger partial charge in [0, 0.05) is 17.1 Å². The highest BCUT2D eigenvalue weighted by molar-refractivity contribution is 5.65. The summed E-state index contributed by atoms with van der Waals surface area (Å²) >= 11 is 0. The molecule has 1 rings (SSSR count). The van der Waals surface area contributed by atoms with Crippen LogP contribution in [0.25, 0.3) is 16.5 Å². The van der Waals surface area contributed by atoms with Crippen LogP contribution in [-0.2, 0) is 6.42 Å². The molecule has 4 nitrogen and oxygen atoms in total. The molecule has 0 atom stereocenters. The molecule has 0 amide bonds. The van der Waals surface area contributed by atoms with Crippen LogP contribution in [0.5, 0.6) is 0 Å². The van der Waals surface area contributed by atoms with Crippen molar-refractivity contribution >= 4 is 11.8 Å². The normalized spacial score (nSPS) is 10.3. The van der Waals surface area contributed by atoms with Gasteiger partial charge in [0.25, 0.3) is 0 Å². The van der Waals surface area contributed by atoms with E-state index < -0.39 is 0 Å². The summed E-state index contributed by atoms with van der Waals surface area (Å²) in [6, 6.07) is 6.04. The van der Waals surface area contributed by atoms with E-state index >= 15 is 0 Å². The van der Waals surface area contributed by atoms with Gasteiger partial charge in [0.05, 0.1) is 0 Å². The molecule has 0 radical (unpaired) electrons. The minimum atomic E-state index is 0.486. The maximum Gasteiger partial charge on any atom is 0.0387 e. The molecule has 0 bridgehead atoms. The maximum atomic E-state index is 8.11. The van der Waals surface area contributed by atoms with Crippen LogP contribution < -0.4 is 5.73 Å². The van der Waals surface area contributed by atoms with E-state index in [1.165, 1.54) is 5.56 Å². The monoisotopic (exact) mass is 216 g/mol. The number of nitrogens with zero attached hydrogens (tertiary/aromatic N) is 3. The smallest absolute Gasteiger partial charge is 0.0387 e. The predicted molar refractivity (Wildman–Crippen MR) is 67.9 cm³/mol. The standard InChI is InChI=1S/C12H16N4/c1-2-10-6-7-12(13)11(9-10)5-3-4-8-15-16-14/h3,5-7,9H,2,4,8,13H2,1H3. The van der Waals surface area contributed by atoms with Crippen molar-refractivity contribution in [1.82, 2.24) is 0 Å². The van der Waals surface area contributed by atoms with Gasteiger partial charge in [-0.25, -0.2) is 0 Å². The predicted octanol–water partition coefficient (Wildman–Crippen LogP) is 3.54. The van der Waals surface area contributed by atoms with Crippen LogP contribution in [0.2, 0.25) is 0 Å². The van der Waals surface area contributed by atoms with Crippen LogP contribution in [0.3, 0.4) is 0 Å². The summed E-state index contributed by atoms with van der Waals surface area (Å²) in [6.45, 7) is 2.60. The fourth-order valence-electron chi connectivity index (χ4n) is 1.38. The highest BCUT2D eigenvalue weighted by Crippen LogP contribution is 2.16. The first-order valence-electron chi connectivity index (χ1n) is 5.33. The first-order chi connectivity index (χ1) is 7.77. The Hall–Kier alpha value is -1.93. The molecule has 0 fully saturated rings. The third kappa shape index (κ3) is 3.67. The van der Waals surface area contributed by atoms with E-state index in [2.05, 4.69) is 23.0 Å². The minimum absolute atomic E-state index is 0.486. The van der Waals surface area contributed by atoms with E-state index in [0.29, 0.717) is 6.54 Å². The molecule has 1 aromatic rings. The molecule has 0 spiro atoms. The number of anilines is 1. The van der Waals surface area contributed by atoms with Crippen LogP contribution in [0.15, 0.2) is 29.4 Å². The Morgan fingerprint density at radius 3 is 3.00 bits per heavy atom. The largest absolute Gasteiger partial charge is 0.398 e. The Kier molecular flexibility index (Phi) is 4.96. The zero-order chi connectivity index (χ0) is 11.8. The van der Waals surface area contributed by atoms with E-state index in [1.54, 1.807) is 0 Å². The summed E-state index contributed by atoms with van der Waals surface area (Å²) in [6.07, 6.45) is 5.68. The molecule has 0 aromatic heterocycles. The van der Waals surface area contributed by atoms with Gasteiger partial charge in [0.1, 0.15) is 0 Å². The van der Waals surface area contributed by atoms with Crippen molar-refractivity contribution in [2.45, 2.75) is 19.8 Å². The number of azide groups is 1. The third-order valence-electron chi connectivity index (χ3n) is 2.32. The van der Waals surface area contributed by atoms with Crippen LogP contribution in [-0.4, -0.2) is 6.54 Å². The van der Waals surface area contributed by atoms with Gasteiger partial charge in [-0.2, -0.15) is 0 Å². The first-order valence-corrected chi connectivity index (χ1v) is 5.33. The van der Waals surface area contributed by atoms with Crippen molar-refractivity contribution in [2.75, 3.05) is 12.3 Å². The van der Waals surface area contributed by atoms with Crippen LogP contribution in [0, 0.1) is 0 Å². The molecule has 4 heteroatoms. The molecular formula is C12H16N4. The average molecular weight is 216 g/mol. The molecule has 0 aliphatic heterocycles. The molecule has 16 heavy (non-hydrogen) atoms. The lowest BCUT2D eigenvalue weighted by Gasteiger charge is -2.03. The molecule has 1 aromatic carbocycles. The fourth-order valence-corrected chi connectivity index (χ4v) is 1.38. The molecule has 0 unspecified atom stereocenters. The zero-order valence-electron chi connectivity index (χ0n) is 9.43. The van der Waals surface area contributed by atoms with Gasteiger partial charge >= 0.3 is 0 Å².